The van der Waals surface area contributed by atoms with Gasteiger partial charge in [0.1, 0.15) is 11.5 Å². The highest BCUT2D eigenvalue weighted by molar-refractivity contribution is 7.54. The fraction of sp³-hybridized carbons (Fsp3) is 0.100. The molecule has 2 N–H and O–H groups in total. The van der Waals surface area contributed by atoms with Crippen LogP contribution in [0.4, 0.5) is 0 Å². The fourth-order valence-corrected chi connectivity index (χ4v) is 4.01. The third-order valence-corrected chi connectivity index (χ3v) is 5.58. The summed E-state index contributed by atoms with van der Waals surface area (Å²) >= 11 is 0. The van der Waals surface area contributed by atoms with Crippen molar-refractivity contribution in [2.45, 2.75) is 5.85 Å². The van der Waals surface area contributed by atoms with E-state index in [2.05, 4.69) is 0 Å². The highest BCUT2D eigenvalue weighted by atomic mass is 31.2. The highest BCUT2D eigenvalue weighted by Crippen LogP contribution is 2.59. The van der Waals surface area contributed by atoms with Crippen LogP contribution in [0.3, 0.4) is 0 Å². The largest absolute Gasteiger partial charge is 0.504 e. The Hall–Kier alpha value is -2.95. The number of rotatable bonds is 7. The van der Waals surface area contributed by atoms with Crippen molar-refractivity contribution in [1.82, 2.24) is 0 Å². The van der Waals surface area contributed by atoms with Crippen molar-refractivity contribution in [3.8, 4) is 23.0 Å². The van der Waals surface area contributed by atoms with Crippen LogP contribution in [-0.2, 0) is 4.57 Å². The van der Waals surface area contributed by atoms with Gasteiger partial charge in [-0.3, -0.25) is 0 Å². The summed E-state index contributed by atoms with van der Waals surface area (Å²) in [4.78, 5) is 0. The third kappa shape index (κ3) is 4.42. The van der Waals surface area contributed by atoms with Crippen LogP contribution in [0.2, 0.25) is 0 Å². The minimum atomic E-state index is -4.10. The second-order valence-corrected chi connectivity index (χ2v) is 7.59. The molecule has 0 amide bonds. The molecule has 0 spiro atoms. The van der Waals surface area contributed by atoms with E-state index in [9.17, 15) is 14.8 Å². The topological polar surface area (TPSA) is 85.2 Å². The zero-order valence-electron chi connectivity index (χ0n) is 14.6. The normalized spacial score (nSPS) is 12.2. The monoisotopic (exact) mass is 386 g/mol. The van der Waals surface area contributed by atoms with Crippen molar-refractivity contribution in [2.75, 3.05) is 7.11 Å². The zero-order chi connectivity index (χ0) is 19.3. The lowest BCUT2D eigenvalue weighted by atomic mass is 10.2. The Morgan fingerprint density at radius 3 is 1.85 bits per heavy atom. The molecule has 6 nitrogen and oxygen atoms in total. The molecule has 0 heterocycles. The van der Waals surface area contributed by atoms with E-state index in [-0.39, 0.29) is 17.1 Å². The number of aliphatic hydroxyl groups excluding tert-OH is 1. The quantitative estimate of drug-likeness (QED) is 0.571. The number of hydrogen-bond donors (Lipinski definition) is 2. The molecule has 3 aromatic carbocycles. The standard InChI is InChI=1S/C20H19O6P/c1-24-19-14-15(12-13-18(19)21)20(22)27(23,25-16-8-4-2-5-9-16)26-17-10-6-3-7-11-17/h2-14,20-22H,1H3. The minimum Gasteiger partial charge on any atom is -0.504 e. The van der Waals surface area contributed by atoms with Gasteiger partial charge < -0.3 is 24.0 Å². The maximum atomic E-state index is 13.5. The summed E-state index contributed by atoms with van der Waals surface area (Å²) in [7, 11) is -2.72. The second-order valence-electron chi connectivity index (χ2n) is 5.65. The van der Waals surface area contributed by atoms with Crippen molar-refractivity contribution in [3.05, 3.63) is 84.4 Å². The lowest BCUT2D eigenvalue weighted by molar-refractivity contribution is 0.211. The highest BCUT2D eigenvalue weighted by Gasteiger charge is 2.40. The molecular formula is C20H19O6P. The first-order valence-corrected chi connectivity index (χ1v) is 9.77. The molecule has 3 aromatic rings. The molecule has 3 rings (SSSR count). The number of phenols is 1. The van der Waals surface area contributed by atoms with Gasteiger partial charge in [-0.2, -0.15) is 0 Å². The number of hydrogen-bond acceptors (Lipinski definition) is 6. The molecule has 0 aliphatic carbocycles. The molecule has 0 radical (unpaired) electrons. The van der Waals surface area contributed by atoms with Crippen LogP contribution < -0.4 is 13.8 Å². The van der Waals surface area contributed by atoms with E-state index in [4.69, 9.17) is 13.8 Å². The molecule has 0 aromatic heterocycles. The van der Waals surface area contributed by atoms with Gasteiger partial charge in [-0.1, -0.05) is 42.5 Å². The number of methoxy groups -OCH3 is 1. The zero-order valence-corrected chi connectivity index (χ0v) is 15.5. The van der Waals surface area contributed by atoms with Crippen LogP contribution >= 0.6 is 7.60 Å². The van der Waals surface area contributed by atoms with Crippen molar-refractivity contribution in [3.63, 3.8) is 0 Å². The third-order valence-electron chi connectivity index (χ3n) is 3.75. The van der Waals surface area contributed by atoms with Crippen molar-refractivity contribution < 1.29 is 28.6 Å². The van der Waals surface area contributed by atoms with E-state index in [1.807, 2.05) is 0 Å². The van der Waals surface area contributed by atoms with Crippen molar-refractivity contribution >= 4 is 7.60 Å². The molecule has 0 saturated carbocycles. The molecule has 140 valence electrons. The first-order valence-electron chi connectivity index (χ1n) is 8.16. The van der Waals surface area contributed by atoms with Crippen LogP contribution in [0.1, 0.15) is 11.4 Å². The van der Waals surface area contributed by atoms with Crippen LogP contribution in [0, 0.1) is 0 Å². The number of para-hydroxylation sites is 2. The van der Waals surface area contributed by atoms with Crippen LogP contribution in [0.25, 0.3) is 0 Å². The first kappa shape index (κ1) is 18.8. The number of phenolic OH excluding ortho intramolecular Hbond substituents is 1. The van der Waals surface area contributed by atoms with E-state index in [0.29, 0.717) is 11.5 Å². The van der Waals surface area contributed by atoms with Crippen LogP contribution in [0.5, 0.6) is 23.0 Å². The summed E-state index contributed by atoms with van der Waals surface area (Å²) in [6, 6.07) is 21.1. The summed E-state index contributed by atoms with van der Waals surface area (Å²) in [6.07, 6.45) is 0. The summed E-state index contributed by atoms with van der Waals surface area (Å²) in [5, 5.41) is 20.6. The van der Waals surface area contributed by atoms with Gasteiger partial charge in [0.15, 0.2) is 11.5 Å². The molecule has 1 atom stereocenters. The fourth-order valence-electron chi connectivity index (χ4n) is 2.41. The number of benzene rings is 3. The molecule has 7 heteroatoms. The molecule has 27 heavy (non-hydrogen) atoms. The summed E-state index contributed by atoms with van der Waals surface area (Å²) in [6.45, 7) is 0. The predicted molar refractivity (Wildman–Crippen MR) is 101 cm³/mol. The average molecular weight is 386 g/mol. The Morgan fingerprint density at radius 2 is 1.37 bits per heavy atom. The van der Waals surface area contributed by atoms with Gasteiger partial charge in [0, 0.05) is 0 Å². The van der Waals surface area contributed by atoms with Gasteiger partial charge in [0.25, 0.3) is 0 Å². The number of aromatic hydroxyl groups is 1. The van der Waals surface area contributed by atoms with Gasteiger partial charge in [0.2, 0.25) is 5.85 Å². The molecule has 0 saturated heterocycles. The lowest BCUT2D eigenvalue weighted by Crippen LogP contribution is -2.10. The Labute approximate surface area is 157 Å². The molecule has 0 bridgehead atoms. The van der Waals surface area contributed by atoms with E-state index in [0.717, 1.165) is 0 Å². The SMILES string of the molecule is COc1cc(C(O)P(=O)(Oc2ccccc2)Oc2ccccc2)ccc1O. The Morgan fingerprint density at radius 1 is 0.852 bits per heavy atom. The maximum absolute atomic E-state index is 13.5. The minimum absolute atomic E-state index is 0.101. The summed E-state index contributed by atoms with van der Waals surface area (Å²) in [5.41, 5.74) is 0.222. The van der Waals surface area contributed by atoms with Crippen LogP contribution in [-0.4, -0.2) is 17.3 Å². The Balaban J connectivity index is 1.99. The first-order chi connectivity index (χ1) is 13.0. The second kappa shape index (κ2) is 8.16. The molecule has 0 fully saturated rings. The van der Waals surface area contributed by atoms with E-state index < -0.39 is 13.4 Å². The van der Waals surface area contributed by atoms with Gasteiger partial charge in [-0.05, 0) is 42.0 Å². The predicted octanol–water partition coefficient (Wildman–Crippen LogP) is 4.74. The molecule has 0 aliphatic rings. The summed E-state index contributed by atoms with van der Waals surface area (Å²) in [5.74, 6) is -0.982. The van der Waals surface area contributed by atoms with Gasteiger partial charge in [0.05, 0.1) is 7.11 Å². The van der Waals surface area contributed by atoms with Crippen molar-refractivity contribution in [2.24, 2.45) is 0 Å². The average Bonchev–Trinajstić information content (AvgIpc) is 2.69. The Bertz CT molecular complexity index is 884. The molecule has 1 unspecified atom stereocenters. The van der Waals surface area contributed by atoms with Gasteiger partial charge in [-0.15, -0.1) is 0 Å². The van der Waals surface area contributed by atoms with E-state index in [1.165, 1.54) is 25.3 Å². The van der Waals surface area contributed by atoms with Gasteiger partial charge >= 0.3 is 7.60 Å². The molecular weight excluding hydrogens is 367 g/mol. The maximum Gasteiger partial charge on any atom is 0.463 e. The lowest BCUT2D eigenvalue weighted by Gasteiger charge is -2.24. The van der Waals surface area contributed by atoms with Crippen molar-refractivity contribution in [1.29, 1.82) is 0 Å². The smallest absolute Gasteiger partial charge is 0.463 e. The summed E-state index contributed by atoms with van der Waals surface area (Å²) < 4.78 is 29.8. The van der Waals surface area contributed by atoms with Crippen LogP contribution in [0.15, 0.2) is 78.9 Å². The van der Waals surface area contributed by atoms with E-state index in [1.54, 1.807) is 60.7 Å². The Kier molecular flexibility index (Phi) is 5.69. The number of aliphatic hydroxyl groups is 1. The van der Waals surface area contributed by atoms with Gasteiger partial charge in [-0.25, -0.2) is 4.57 Å². The number of ether oxygens (including phenoxy) is 1. The van der Waals surface area contributed by atoms with E-state index >= 15 is 0 Å². The molecule has 0 aliphatic heterocycles.